The number of aromatic nitrogens is 3. The van der Waals surface area contributed by atoms with Gasteiger partial charge in [0.2, 0.25) is 0 Å². The summed E-state index contributed by atoms with van der Waals surface area (Å²) < 4.78 is 15.7. The van der Waals surface area contributed by atoms with Crippen molar-refractivity contribution in [2.45, 2.75) is 5.41 Å². The lowest BCUT2D eigenvalue weighted by molar-refractivity contribution is 0.434. The minimum absolute atomic E-state index is 0.531. The molecule has 8 heteroatoms. The third-order valence-electron chi connectivity index (χ3n) is 11.6. The Balaban J connectivity index is 1.17. The largest absolute Gasteiger partial charge is 0.454 e. The van der Waals surface area contributed by atoms with Crippen LogP contribution in [0.3, 0.4) is 0 Å². The molecular formula is C49H26N6O2. The Morgan fingerprint density at radius 2 is 1.26 bits per heavy atom. The molecule has 1 spiro atoms. The summed E-state index contributed by atoms with van der Waals surface area (Å²) in [5, 5.41) is 11.7. The van der Waals surface area contributed by atoms with Crippen LogP contribution in [-0.2, 0) is 5.41 Å². The predicted molar refractivity (Wildman–Crippen MR) is 219 cm³/mol. The second kappa shape index (κ2) is 11.4. The molecule has 0 radical (unpaired) electrons. The Morgan fingerprint density at radius 1 is 0.596 bits per heavy atom. The number of anilines is 3. The maximum absolute atomic E-state index is 9.88. The zero-order valence-corrected chi connectivity index (χ0v) is 30.0. The molecule has 0 bridgehead atoms. The molecule has 264 valence electrons. The molecule has 0 amide bonds. The summed E-state index contributed by atoms with van der Waals surface area (Å²) in [6.45, 7) is 7.76. The molecule has 0 saturated carbocycles. The van der Waals surface area contributed by atoms with Gasteiger partial charge < -0.3 is 18.9 Å². The van der Waals surface area contributed by atoms with Gasteiger partial charge in [-0.1, -0.05) is 66.7 Å². The van der Waals surface area contributed by atoms with Crippen LogP contribution in [0.4, 0.5) is 22.7 Å². The van der Waals surface area contributed by atoms with Crippen LogP contribution in [-0.4, -0.2) is 14.5 Å². The summed E-state index contributed by atoms with van der Waals surface area (Å²) >= 11 is 0. The van der Waals surface area contributed by atoms with Gasteiger partial charge in [0.1, 0.15) is 5.75 Å². The molecule has 1 aliphatic carbocycles. The molecule has 0 N–H and O–H groups in total. The number of nitrogens with zero attached hydrogens (tertiary/aromatic N) is 6. The van der Waals surface area contributed by atoms with E-state index in [1.54, 1.807) is 0 Å². The molecule has 9 aromatic rings. The lowest BCUT2D eigenvalue weighted by atomic mass is 9.66. The van der Waals surface area contributed by atoms with Gasteiger partial charge in [-0.2, -0.15) is 5.26 Å². The second-order valence-electron chi connectivity index (χ2n) is 14.4. The number of pyridine rings is 2. The highest BCUT2D eigenvalue weighted by Crippen LogP contribution is 2.63. The number of fused-ring (bicyclic) bond motifs is 14. The Labute approximate surface area is 326 Å². The molecule has 57 heavy (non-hydrogen) atoms. The molecule has 3 aliphatic rings. The summed E-state index contributed by atoms with van der Waals surface area (Å²) in [5.74, 6) is 2.96. The number of hydrogen-bond acceptors (Lipinski definition) is 6. The van der Waals surface area contributed by atoms with E-state index < -0.39 is 5.41 Å². The van der Waals surface area contributed by atoms with E-state index in [4.69, 9.17) is 26.0 Å². The Morgan fingerprint density at radius 3 is 2.05 bits per heavy atom. The van der Waals surface area contributed by atoms with Crippen LogP contribution >= 0.6 is 0 Å². The molecule has 3 aromatic heterocycles. The number of rotatable bonds is 2. The Kier molecular flexibility index (Phi) is 6.24. The predicted octanol–water partition coefficient (Wildman–Crippen LogP) is 12.0. The van der Waals surface area contributed by atoms with Gasteiger partial charge in [-0.15, -0.1) is 0 Å². The van der Waals surface area contributed by atoms with Crippen molar-refractivity contribution in [2.75, 3.05) is 4.90 Å². The number of hydrogen-bond donors (Lipinski definition) is 0. The highest BCUT2D eigenvalue weighted by molar-refractivity contribution is 6.11. The number of para-hydroxylation sites is 6. The minimum atomic E-state index is -0.864. The van der Waals surface area contributed by atoms with Crippen LogP contribution in [0, 0.1) is 17.9 Å². The Bertz CT molecular complexity index is 3200. The van der Waals surface area contributed by atoms with Crippen LogP contribution < -0.4 is 14.4 Å². The third kappa shape index (κ3) is 4.08. The molecular weight excluding hydrogens is 705 g/mol. The van der Waals surface area contributed by atoms with Crippen LogP contribution in [0.15, 0.2) is 158 Å². The van der Waals surface area contributed by atoms with Crippen LogP contribution in [0.25, 0.3) is 43.7 Å². The van der Waals surface area contributed by atoms with E-state index in [9.17, 15) is 5.26 Å². The second-order valence-corrected chi connectivity index (χ2v) is 14.4. The monoisotopic (exact) mass is 730 g/mol. The first kappa shape index (κ1) is 31.2. The molecule has 0 fully saturated rings. The molecule has 1 atom stereocenters. The molecule has 5 heterocycles. The average Bonchev–Trinajstić information content (AvgIpc) is 3.74. The fraction of sp³-hybridized carbons (Fsp3) is 0.0204. The zero-order chi connectivity index (χ0) is 37.8. The van der Waals surface area contributed by atoms with Gasteiger partial charge >= 0.3 is 0 Å². The maximum Gasteiger partial charge on any atom is 0.188 e. The first-order valence-electron chi connectivity index (χ1n) is 18.6. The van der Waals surface area contributed by atoms with E-state index in [-0.39, 0.29) is 0 Å². The number of ether oxygens (including phenoxy) is 2. The van der Waals surface area contributed by atoms with Crippen molar-refractivity contribution in [3.05, 3.63) is 197 Å². The summed E-state index contributed by atoms with van der Waals surface area (Å²) in [4.78, 5) is 16.2. The molecule has 2 aliphatic heterocycles. The topological polar surface area (TPSA) is 80.6 Å². The van der Waals surface area contributed by atoms with Crippen LogP contribution in [0.1, 0.15) is 27.8 Å². The standard InChI is InChI=1S/C49H26N6O2/c1-51-30-20-22-39-33(25-30)32-24-29(27-50)19-21-38(32)55(39)42-15-8-11-36-48(42)57-43-16-5-2-10-34(43)49(36)35-12-9-23-52-46(35)47-37(49)26-31(28-53-47)54-40-13-3-6-17-44(40)56-45-18-7-4-14-41(45)54/h2-26,28H. The van der Waals surface area contributed by atoms with Gasteiger partial charge in [0.15, 0.2) is 22.9 Å². The lowest BCUT2D eigenvalue weighted by Gasteiger charge is -2.40. The van der Waals surface area contributed by atoms with Crippen molar-refractivity contribution in [2.24, 2.45) is 0 Å². The molecule has 8 nitrogen and oxygen atoms in total. The van der Waals surface area contributed by atoms with Crippen molar-refractivity contribution < 1.29 is 9.47 Å². The van der Waals surface area contributed by atoms with E-state index in [1.165, 1.54) is 0 Å². The third-order valence-corrected chi connectivity index (χ3v) is 11.6. The fourth-order valence-corrected chi connectivity index (χ4v) is 9.29. The lowest BCUT2D eigenvalue weighted by Crippen LogP contribution is -2.33. The smallest absolute Gasteiger partial charge is 0.188 e. The quantitative estimate of drug-likeness (QED) is 0.165. The van der Waals surface area contributed by atoms with Crippen molar-refractivity contribution in [3.63, 3.8) is 0 Å². The SMILES string of the molecule is [C-]#[N+]c1ccc2c(c1)c1cc(C#N)ccc1n2-c1cccc2c1Oc1ccccc1C21c2cccnc2-c2ncc(N3c4ccccc4Oc4ccccc43)cc21. The highest BCUT2D eigenvalue weighted by Gasteiger charge is 2.53. The minimum Gasteiger partial charge on any atom is -0.454 e. The summed E-state index contributed by atoms with van der Waals surface area (Å²) in [6.07, 6.45) is 3.77. The normalized spacial score (nSPS) is 15.3. The first-order valence-corrected chi connectivity index (χ1v) is 18.6. The molecule has 0 saturated heterocycles. The van der Waals surface area contributed by atoms with Gasteiger partial charge in [0.05, 0.1) is 75.0 Å². The van der Waals surface area contributed by atoms with Gasteiger partial charge in [-0.3, -0.25) is 9.97 Å². The van der Waals surface area contributed by atoms with E-state index in [1.807, 2.05) is 103 Å². The molecule has 12 rings (SSSR count). The van der Waals surface area contributed by atoms with Gasteiger partial charge in [-0.05, 0) is 89.8 Å². The molecule has 6 aromatic carbocycles. The summed E-state index contributed by atoms with van der Waals surface area (Å²) in [6, 6.07) is 50.9. The maximum atomic E-state index is 9.88. The zero-order valence-electron chi connectivity index (χ0n) is 30.0. The number of benzene rings is 6. The van der Waals surface area contributed by atoms with Gasteiger partial charge in [0.25, 0.3) is 0 Å². The fourth-order valence-electron chi connectivity index (χ4n) is 9.29. The molecule has 1 unspecified atom stereocenters. The summed E-state index contributed by atoms with van der Waals surface area (Å²) in [5.41, 5.74) is 11.2. The van der Waals surface area contributed by atoms with Crippen molar-refractivity contribution in [3.8, 4) is 46.1 Å². The first-order chi connectivity index (χ1) is 28.2. The Hall–Kier alpha value is -8.20. The van der Waals surface area contributed by atoms with Crippen molar-refractivity contribution in [1.82, 2.24) is 14.5 Å². The van der Waals surface area contributed by atoms with Crippen LogP contribution in [0.2, 0.25) is 0 Å². The summed E-state index contributed by atoms with van der Waals surface area (Å²) in [7, 11) is 0. The average molecular weight is 731 g/mol. The van der Waals surface area contributed by atoms with E-state index in [0.717, 1.165) is 95.4 Å². The van der Waals surface area contributed by atoms with E-state index in [0.29, 0.717) is 17.0 Å². The van der Waals surface area contributed by atoms with Gasteiger partial charge in [0, 0.05) is 28.3 Å². The van der Waals surface area contributed by atoms with Crippen molar-refractivity contribution >= 4 is 44.6 Å². The van der Waals surface area contributed by atoms with E-state index >= 15 is 0 Å². The number of nitriles is 1. The van der Waals surface area contributed by atoms with Gasteiger partial charge in [-0.25, -0.2) is 4.85 Å². The van der Waals surface area contributed by atoms with E-state index in [2.05, 4.69) is 75.0 Å². The van der Waals surface area contributed by atoms with Crippen LogP contribution in [0.5, 0.6) is 23.0 Å². The van der Waals surface area contributed by atoms with Crippen molar-refractivity contribution in [1.29, 1.82) is 5.26 Å². The highest BCUT2D eigenvalue weighted by atomic mass is 16.5.